The minimum Gasteiger partial charge on any atom is -0.478 e. The van der Waals surface area contributed by atoms with Gasteiger partial charge in [-0.15, -0.1) is 11.3 Å². The Labute approximate surface area is 158 Å². The number of hydrogen-bond acceptors (Lipinski definition) is 3. The van der Waals surface area contributed by atoms with Crippen molar-refractivity contribution in [1.82, 2.24) is 4.98 Å². The fraction of sp³-hybridized carbons (Fsp3) is 0.273. The van der Waals surface area contributed by atoms with Crippen molar-refractivity contribution in [2.75, 3.05) is 0 Å². The fourth-order valence-electron chi connectivity index (χ4n) is 3.09. The monoisotopic (exact) mass is 365 g/mol. The summed E-state index contributed by atoms with van der Waals surface area (Å²) in [5.74, 6) is -0.891. The van der Waals surface area contributed by atoms with Gasteiger partial charge in [0.25, 0.3) is 0 Å². The van der Waals surface area contributed by atoms with E-state index in [0.29, 0.717) is 5.56 Å². The van der Waals surface area contributed by atoms with Gasteiger partial charge in [-0.05, 0) is 47.6 Å². The highest BCUT2D eigenvalue weighted by Gasteiger charge is 2.15. The predicted octanol–water partition coefficient (Wildman–Crippen LogP) is 5.86. The molecule has 26 heavy (non-hydrogen) atoms. The summed E-state index contributed by atoms with van der Waals surface area (Å²) in [5.41, 5.74) is 6.67. The van der Waals surface area contributed by atoms with Gasteiger partial charge in [-0.1, -0.05) is 51.1 Å². The van der Waals surface area contributed by atoms with Crippen LogP contribution >= 0.6 is 11.3 Å². The predicted molar refractivity (Wildman–Crippen MR) is 108 cm³/mol. The number of nitrogens with zero attached hydrogens (tertiary/aromatic N) is 1. The van der Waals surface area contributed by atoms with E-state index < -0.39 is 5.97 Å². The molecule has 0 aliphatic carbocycles. The minimum atomic E-state index is -0.891. The number of carbonyl (C=O) groups is 1. The quantitative estimate of drug-likeness (QED) is 0.595. The Morgan fingerprint density at radius 2 is 1.81 bits per heavy atom. The zero-order chi connectivity index (χ0) is 18.7. The summed E-state index contributed by atoms with van der Waals surface area (Å²) in [4.78, 5) is 16.4. The number of thiazole rings is 1. The van der Waals surface area contributed by atoms with Crippen LogP contribution in [0, 0.1) is 0 Å². The van der Waals surface area contributed by atoms with Gasteiger partial charge < -0.3 is 5.11 Å². The number of aryl methyl sites for hydroxylation is 3. The number of hydrogen-bond donors (Lipinski definition) is 1. The average Bonchev–Trinajstić information content (AvgIpc) is 3.15. The molecule has 0 spiro atoms. The van der Waals surface area contributed by atoms with E-state index in [2.05, 4.69) is 38.3 Å². The molecule has 0 saturated heterocycles. The topological polar surface area (TPSA) is 50.2 Å². The zero-order valence-electron chi connectivity index (χ0n) is 15.4. The SMILES string of the molecule is CCc1ccc(C(=O)O)c(-c2ccc(-c3nc(CC)cs3)c(CC)c2)c1. The highest BCUT2D eigenvalue weighted by molar-refractivity contribution is 7.13. The highest BCUT2D eigenvalue weighted by atomic mass is 32.1. The molecule has 0 atom stereocenters. The molecular formula is C22H23NO2S. The second-order valence-electron chi connectivity index (χ2n) is 6.26. The third kappa shape index (κ3) is 3.56. The molecule has 0 aliphatic rings. The van der Waals surface area contributed by atoms with Gasteiger partial charge in [-0.2, -0.15) is 0 Å². The summed E-state index contributed by atoms with van der Waals surface area (Å²) in [6.07, 6.45) is 2.69. The molecule has 2 aromatic carbocycles. The maximum atomic E-state index is 11.7. The summed E-state index contributed by atoms with van der Waals surface area (Å²) in [5, 5.41) is 12.7. The van der Waals surface area contributed by atoms with Gasteiger partial charge in [0.1, 0.15) is 5.01 Å². The Kier molecular flexibility index (Phi) is 5.52. The Balaban J connectivity index is 2.11. The van der Waals surface area contributed by atoms with E-state index in [-0.39, 0.29) is 0 Å². The standard InChI is InChI=1S/C22H23NO2S/c1-4-14-7-9-19(22(24)25)20(11-14)16-8-10-18(15(5-2)12-16)21-23-17(6-3)13-26-21/h7-13H,4-6H2,1-3H3,(H,24,25). The number of carboxylic acid groups (broad SMARTS) is 1. The van der Waals surface area contributed by atoms with E-state index in [9.17, 15) is 9.90 Å². The Hall–Kier alpha value is -2.46. The van der Waals surface area contributed by atoms with Crippen LogP contribution in [0.3, 0.4) is 0 Å². The summed E-state index contributed by atoms with van der Waals surface area (Å²) in [6.45, 7) is 6.31. The molecular weight excluding hydrogens is 342 g/mol. The van der Waals surface area contributed by atoms with Crippen molar-refractivity contribution in [3.63, 3.8) is 0 Å². The first-order valence-corrected chi connectivity index (χ1v) is 9.89. The van der Waals surface area contributed by atoms with E-state index in [4.69, 9.17) is 4.98 Å². The average molecular weight is 365 g/mol. The third-order valence-corrected chi connectivity index (χ3v) is 5.59. The Morgan fingerprint density at radius 3 is 2.42 bits per heavy atom. The van der Waals surface area contributed by atoms with Crippen molar-refractivity contribution in [2.45, 2.75) is 40.0 Å². The van der Waals surface area contributed by atoms with Gasteiger partial charge in [0.15, 0.2) is 0 Å². The van der Waals surface area contributed by atoms with Crippen molar-refractivity contribution in [3.8, 4) is 21.7 Å². The van der Waals surface area contributed by atoms with Gasteiger partial charge in [-0.25, -0.2) is 9.78 Å². The van der Waals surface area contributed by atoms with E-state index >= 15 is 0 Å². The number of carboxylic acids is 1. The molecule has 134 valence electrons. The molecule has 1 aromatic heterocycles. The van der Waals surface area contributed by atoms with Crippen LogP contribution < -0.4 is 0 Å². The molecule has 0 radical (unpaired) electrons. The second kappa shape index (κ2) is 7.83. The molecule has 3 nitrogen and oxygen atoms in total. The van der Waals surface area contributed by atoms with E-state index in [1.54, 1.807) is 17.4 Å². The highest BCUT2D eigenvalue weighted by Crippen LogP contribution is 2.33. The molecule has 0 bridgehead atoms. The maximum Gasteiger partial charge on any atom is 0.336 e. The van der Waals surface area contributed by atoms with Gasteiger partial charge >= 0.3 is 5.97 Å². The van der Waals surface area contributed by atoms with Gasteiger partial charge in [0, 0.05) is 10.9 Å². The first-order valence-electron chi connectivity index (χ1n) is 9.01. The van der Waals surface area contributed by atoms with Crippen LogP contribution in [0.4, 0.5) is 0 Å². The van der Waals surface area contributed by atoms with Crippen LogP contribution in [0.1, 0.15) is 48.0 Å². The number of rotatable bonds is 6. The van der Waals surface area contributed by atoms with Crippen LogP contribution in [0.2, 0.25) is 0 Å². The summed E-state index contributed by atoms with van der Waals surface area (Å²) >= 11 is 1.67. The van der Waals surface area contributed by atoms with Crippen LogP contribution in [0.25, 0.3) is 21.7 Å². The van der Waals surface area contributed by atoms with Crippen molar-refractivity contribution in [2.24, 2.45) is 0 Å². The lowest BCUT2D eigenvalue weighted by Gasteiger charge is -2.12. The third-order valence-electron chi connectivity index (χ3n) is 4.66. The molecule has 1 heterocycles. The lowest BCUT2D eigenvalue weighted by molar-refractivity contribution is 0.0697. The lowest BCUT2D eigenvalue weighted by atomic mass is 9.93. The fourth-order valence-corrected chi connectivity index (χ4v) is 4.06. The molecule has 1 N–H and O–H groups in total. The Bertz CT molecular complexity index is 943. The zero-order valence-corrected chi connectivity index (χ0v) is 16.2. The number of aromatic nitrogens is 1. The van der Waals surface area contributed by atoms with Crippen LogP contribution in [-0.2, 0) is 19.3 Å². The molecule has 3 rings (SSSR count). The lowest BCUT2D eigenvalue weighted by Crippen LogP contribution is -2.01. The van der Waals surface area contributed by atoms with E-state index in [1.165, 1.54) is 5.56 Å². The Morgan fingerprint density at radius 1 is 1.00 bits per heavy atom. The summed E-state index contributed by atoms with van der Waals surface area (Å²) in [7, 11) is 0. The molecule has 0 amide bonds. The summed E-state index contributed by atoms with van der Waals surface area (Å²) < 4.78 is 0. The van der Waals surface area contributed by atoms with Gasteiger partial charge in [0.2, 0.25) is 0 Å². The molecule has 0 fully saturated rings. The molecule has 0 unspecified atom stereocenters. The number of benzene rings is 2. The number of aromatic carboxylic acids is 1. The second-order valence-corrected chi connectivity index (χ2v) is 7.12. The maximum absolute atomic E-state index is 11.7. The molecule has 0 aliphatic heterocycles. The normalized spacial score (nSPS) is 10.9. The van der Waals surface area contributed by atoms with Crippen LogP contribution in [0.15, 0.2) is 41.8 Å². The van der Waals surface area contributed by atoms with E-state index in [1.807, 2.05) is 18.2 Å². The first-order chi connectivity index (χ1) is 12.6. The van der Waals surface area contributed by atoms with Gasteiger partial charge in [0.05, 0.1) is 11.3 Å². The van der Waals surface area contributed by atoms with Crippen LogP contribution in [0.5, 0.6) is 0 Å². The van der Waals surface area contributed by atoms with Crippen molar-refractivity contribution < 1.29 is 9.90 Å². The minimum absolute atomic E-state index is 0.347. The van der Waals surface area contributed by atoms with E-state index in [0.717, 1.165) is 52.2 Å². The van der Waals surface area contributed by atoms with Crippen molar-refractivity contribution in [1.29, 1.82) is 0 Å². The van der Waals surface area contributed by atoms with Crippen molar-refractivity contribution >= 4 is 17.3 Å². The largest absolute Gasteiger partial charge is 0.478 e. The molecule has 4 heteroatoms. The smallest absolute Gasteiger partial charge is 0.336 e. The molecule has 3 aromatic rings. The first kappa shape index (κ1) is 18.3. The van der Waals surface area contributed by atoms with Gasteiger partial charge in [-0.3, -0.25) is 0 Å². The summed E-state index contributed by atoms with van der Waals surface area (Å²) in [6, 6.07) is 11.8. The molecule has 0 saturated carbocycles. The van der Waals surface area contributed by atoms with Crippen LogP contribution in [-0.4, -0.2) is 16.1 Å². The van der Waals surface area contributed by atoms with Crippen molar-refractivity contribution in [3.05, 3.63) is 64.2 Å².